The van der Waals surface area contributed by atoms with Crippen LogP contribution in [0.1, 0.15) is 25.7 Å². The summed E-state index contributed by atoms with van der Waals surface area (Å²) < 4.78 is 66.0. The van der Waals surface area contributed by atoms with Crippen LogP contribution in [0.2, 0.25) is 0 Å². The Kier molecular flexibility index (Phi) is 6.91. The van der Waals surface area contributed by atoms with Crippen LogP contribution in [0.3, 0.4) is 0 Å². The van der Waals surface area contributed by atoms with Crippen LogP contribution < -0.4 is 0 Å². The lowest BCUT2D eigenvalue weighted by atomic mass is 10.1. The maximum Gasteiger partial charge on any atom is 0.267 e. The molecule has 0 bridgehead atoms. The number of alkyl halides is 3. The topological polar surface area (TPSA) is 54.4 Å². The van der Waals surface area contributed by atoms with E-state index in [1.807, 2.05) is 0 Å². The maximum atomic E-state index is 12.9. The maximum absolute atomic E-state index is 12.9. The summed E-state index contributed by atoms with van der Waals surface area (Å²) in [5.74, 6) is -1.22. The zero-order valence-corrected chi connectivity index (χ0v) is 9.02. The summed E-state index contributed by atoms with van der Waals surface area (Å²) in [5, 5.41) is 0. The van der Waals surface area contributed by atoms with Crippen LogP contribution in [-0.4, -0.2) is 37.7 Å². The summed E-state index contributed by atoms with van der Waals surface area (Å²) in [6.07, 6.45) is -3.26. The van der Waals surface area contributed by atoms with Crippen molar-refractivity contribution in [2.75, 3.05) is 12.4 Å². The second-order valence-electron chi connectivity index (χ2n) is 3.32. The molecule has 0 aromatic rings. The zero-order valence-electron chi connectivity index (χ0n) is 8.20. The Morgan fingerprint density at radius 2 is 1.67 bits per heavy atom. The minimum atomic E-state index is -4.48. The van der Waals surface area contributed by atoms with Gasteiger partial charge in [-0.05, 0) is 12.8 Å². The highest BCUT2D eigenvalue weighted by Crippen LogP contribution is 2.14. The van der Waals surface area contributed by atoms with Crippen LogP contribution in [0.15, 0.2) is 0 Å². The van der Waals surface area contributed by atoms with Gasteiger partial charge in [0, 0.05) is 0 Å². The van der Waals surface area contributed by atoms with E-state index in [9.17, 15) is 21.6 Å². The minimum Gasteiger partial charge on any atom is -0.285 e. The zero-order chi connectivity index (χ0) is 11.9. The highest BCUT2D eigenvalue weighted by Gasteiger charge is 2.25. The largest absolute Gasteiger partial charge is 0.285 e. The van der Waals surface area contributed by atoms with Crippen molar-refractivity contribution in [3.05, 3.63) is 0 Å². The smallest absolute Gasteiger partial charge is 0.267 e. The van der Waals surface area contributed by atoms with Crippen LogP contribution in [-0.2, 0) is 10.1 Å². The molecule has 1 N–H and O–H groups in total. The van der Waals surface area contributed by atoms with Crippen LogP contribution in [0, 0.1) is 0 Å². The third kappa shape index (κ3) is 8.68. The molecule has 0 spiro atoms. The normalized spacial score (nSPS) is 16.3. The van der Waals surface area contributed by atoms with E-state index in [2.05, 4.69) is 0 Å². The molecule has 0 saturated heterocycles. The van der Waals surface area contributed by atoms with Crippen molar-refractivity contribution in [1.29, 1.82) is 0 Å². The first-order valence-electron chi connectivity index (χ1n) is 4.66. The van der Waals surface area contributed by atoms with Gasteiger partial charge in [-0.2, -0.15) is 8.42 Å². The van der Waals surface area contributed by atoms with Crippen molar-refractivity contribution >= 4 is 10.1 Å². The summed E-state index contributed by atoms with van der Waals surface area (Å²) in [4.78, 5) is 0. The molecule has 2 atom stereocenters. The van der Waals surface area contributed by atoms with Gasteiger partial charge in [0.1, 0.15) is 18.1 Å². The van der Waals surface area contributed by atoms with Crippen molar-refractivity contribution in [1.82, 2.24) is 0 Å². The van der Waals surface area contributed by atoms with Crippen molar-refractivity contribution in [2.45, 2.75) is 38.0 Å². The van der Waals surface area contributed by atoms with Gasteiger partial charge in [0.15, 0.2) is 0 Å². The Balaban J connectivity index is 3.74. The number of unbranched alkanes of at least 4 members (excludes halogenated alkanes) is 2. The Morgan fingerprint density at radius 1 is 1.07 bits per heavy atom. The second kappa shape index (κ2) is 7.05. The van der Waals surface area contributed by atoms with E-state index < -0.39 is 34.9 Å². The molecular weight excluding hydrogens is 233 g/mol. The lowest BCUT2D eigenvalue weighted by Crippen LogP contribution is -2.26. The quantitative estimate of drug-likeness (QED) is 0.528. The molecule has 7 heteroatoms. The second-order valence-corrected chi connectivity index (χ2v) is 4.82. The van der Waals surface area contributed by atoms with Crippen molar-refractivity contribution in [2.24, 2.45) is 0 Å². The Bertz CT molecular complexity index is 256. The molecule has 0 aromatic heterocycles. The van der Waals surface area contributed by atoms with E-state index in [-0.39, 0.29) is 6.42 Å². The number of hydrogen-bond donors (Lipinski definition) is 1. The van der Waals surface area contributed by atoms with Crippen molar-refractivity contribution in [3.8, 4) is 0 Å². The highest BCUT2D eigenvalue weighted by atomic mass is 32.2. The van der Waals surface area contributed by atoms with Gasteiger partial charge in [0.05, 0.1) is 6.67 Å². The highest BCUT2D eigenvalue weighted by molar-refractivity contribution is 7.85. The van der Waals surface area contributed by atoms with E-state index in [1.165, 1.54) is 0 Å². The fourth-order valence-electron chi connectivity index (χ4n) is 1.10. The van der Waals surface area contributed by atoms with Crippen LogP contribution in [0.5, 0.6) is 0 Å². The third-order valence-corrected chi connectivity index (χ3v) is 2.62. The summed E-state index contributed by atoms with van der Waals surface area (Å²) >= 11 is 0. The SMILES string of the molecule is O=S(=O)(O)CC(F)C(F)CCCCCF. The van der Waals surface area contributed by atoms with Gasteiger partial charge < -0.3 is 0 Å². The van der Waals surface area contributed by atoms with Gasteiger partial charge >= 0.3 is 0 Å². The van der Waals surface area contributed by atoms with E-state index in [0.29, 0.717) is 19.3 Å². The van der Waals surface area contributed by atoms with Gasteiger partial charge in [0.25, 0.3) is 10.1 Å². The van der Waals surface area contributed by atoms with Gasteiger partial charge in [0.2, 0.25) is 0 Å². The number of halogens is 3. The van der Waals surface area contributed by atoms with E-state index in [4.69, 9.17) is 4.55 Å². The van der Waals surface area contributed by atoms with E-state index in [0.717, 1.165) is 0 Å². The predicted molar refractivity (Wildman–Crippen MR) is 50.7 cm³/mol. The predicted octanol–water partition coefficient (Wildman–Crippen LogP) is 2.08. The summed E-state index contributed by atoms with van der Waals surface area (Å²) in [5.41, 5.74) is 0. The lowest BCUT2D eigenvalue weighted by Gasteiger charge is -2.11. The molecule has 0 aliphatic carbocycles. The molecule has 0 aliphatic rings. The lowest BCUT2D eigenvalue weighted by molar-refractivity contribution is 0.169. The molecule has 0 aromatic carbocycles. The van der Waals surface area contributed by atoms with Crippen LogP contribution in [0.25, 0.3) is 0 Å². The van der Waals surface area contributed by atoms with Gasteiger partial charge in [-0.1, -0.05) is 12.8 Å². The first-order chi connectivity index (χ1) is 6.87. The molecule has 0 saturated carbocycles. The average molecular weight is 248 g/mol. The molecule has 2 unspecified atom stereocenters. The molecule has 92 valence electrons. The molecule has 0 amide bonds. The summed E-state index contributed by atoms with van der Waals surface area (Å²) in [6, 6.07) is 0. The van der Waals surface area contributed by atoms with Crippen molar-refractivity contribution < 1.29 is 26.1 Å². The molecule has 3 nitrogen and oxygen atoms in total. The first kappa shape index (κ1) is 14.7. The average Bonchev–Trinajstić information content (AvgIpc) is 2.09. The number of rotatable bonds is 8. The van der Waals surface area contributed by atoms with Crippen LogP contribution in [0.4, 0.5) is 13.2 Å². The monoisotopic (exact) mass is 248 g/mol. The number of hydrogen-bond acceptors (Lipinski definition) is 2. The third-order valence-electron chi connectivity index (χ3n) is 1.88. The molecule has 0 fully saturated rings. The van der Waals surface area contributed by atoms with E-state index >= 15 is 0 Å². The minimum absolute atomic E-state index is 0.156. The summed E-state index contributed by atoms with van der Waals surface area (Å²) in [7, 11) is -4.48. The molecule has 0 radical (unpaired) electrons. The van der Waals surface area contributed by atoms with Gasteiger partial charge in [-0.25, -0.2) is 8.78 Å². The Hall–Kier alpha value is -0.300. The van der Waals surface area contributed by atoms with Gasteiger partial charge in [-0.3, -0.25) is 8.94 Å². The Labute approximate surface area is 87.4 Å². The molecular formula is C8H15F3O3S. The fraction of sp³-hybridized carbons (Fsp3) is 1.00. The molecule has 0 rings (SSSR count). The molecule has 0 heterocycles. The molecule has 0 aliphatic heterocycles. The van der Waals surface area contributed by atoms with Gasteiger partial charge in [-0.15, -0.1) is 0 Å². The fourth-order valence-corrected chi connectivity index (χ4v) is 1.71. The first-order valence-corrected chi connectivity index (χ1v) is 6.27. The Morgan fingerprint density at radius 3 is 2.13 bits per heavy atom. The van der Waals surface area contributed by atoms with Crippen LogP contribution >= 0.6 is 0 Å². The standard InChI is InChI=1S/C8H15F3O3S/c9-5-3-1-2-4-7(10)8(11)6-15(12,13)14/h7-8H,1-6H2,(H,12,13,14). The van der Waals surface area contributed by atoms with E-state index in [1.54, 1.807) is 0 Å². The molecule has 15 heavy (non-hydrogen) atoms. The summed E-state index contributed by atoms with van der Waals surface area (Å²) in [6.45, 7) is -0.499. The van der Waals surface area contributed by atoms with Crippen molar-refractivity contribution in [3.63, 3.8) is 0 Å².